The third-order valence-corrected chi connectivity index (χ3v) is 3.72. The van der Waals surface area contributed by atoms with Crippen LogP contribution in [-0.4, -0.2) is 5.91 Å². The number of nitrogens with two attached hydrogens (primary N) is 1. The van der Waals surface area contributed by atoms with Crippen molar-refractivity contribution in [3.63, 3.8) is 0 Å². The smallest absolute Gasteiger partial charge is 0.256 e. The molecule has 0 aliphatic carbocycles. The van der Waals surface area contributed by atoms with E-state index in [2.05, 4.69) is 21.2 Å². The maximum absolute atomic E-state index is 13.7. The number of nitrogen functional groups attached to an aromatic ring is 1. The quantitative estimate of drug-likeness (QED) is 0.627. The van der Waals surface area contributed by atoms with Gasteiger partial charge in [0.05, 0.1) is 10.2 Å². The SMILES string of the molecule is Cc1cc(C)c(C(=O)Nc2cc(F)c(Br)cc2F)cc1N. The average Bonchev–Trinajstić information content (AvgIpc) is 2.40. The number of hydrogen-bond acceptors (Lipinski definition) is 2. The molecule has 0 aromatic heterocycles. The lowest BCUT2D eigenvalue weighted by Gasteiger charge is -2.11. The molecule has 2 aromatic rings. The first kappa shape index (κ1) is 15.4. The van der Waals surface area contributed by atoms with E-state index in [-0.39, 0.29) is 10.2 Å². The van der Waals surface area contributed by atoms with Crippen LogP contribution < -0.4 is 11.1 Å². The summed E-state index contributed by atoms with van der Waals surface area (Å²) in [5.74, 6) is -1.93. The fourth-order valence-corrected chi connectivity index (χ4v) is 2.24. The molecule has 21 heavy (non-hydrogen) atoms. The molecule has 1 amide bonds. The number of amides is 1. The standard InChI is InChI=1S/C15H13BrF2N2O/c1-7-3-8(2)13(19)4-9(7)15(21)20-14-6-11(17)10(16)5-12(14)18/h3-6H,19H2,1-2H3,(H,20,21). The van der Waals surface area contributed by atoms with Crippen LogP contribution in [0, 0.1) is 25.5 Å². The van der Waals surface area contributed by atoms with Crippen molar-refractivity contribution in [1.29, 1.82) is 0 Å². The monoisotopic (exact) mass is 354 g/mol. The lowest BCUT2D eigenvalue weighted by Crippen LogP contribution is -2.15. The van der Waals surface area contributed by atoms with E-state index in [4.69, 9.17) is 5.73 Å². The molecule has 0 radical (unpaired) electrons. The predicted octanol–water partition coefficient (Wildman–Crippen LogP) is 4.18. The minimum atomic E-state index is -0.727. The minimum Gasteiger partial charge on any atom is -0.398 e. The van der Waals surface area contributed by atoms with Gasteiger partial charge in [0.2, 0.25) is 0 Å². The third kappa shape index (κ3) is 3.21. The van der Waals surface area contributed by atoms with Crippen molar-refractivity contribution in [2.75, 3.05) is 11.1 Å². The number of nitrogens with one attached hydrogen (secondary N) is 1. The van der Waals surface area contributed by atoms with Crippen LogP contribution in [0.1, 0.15) is 21.5 Å². The molecular formula is C15H13BrF2N2O. The Bertz CT molecular complexity index is 732. The van der Waals surface area contributed by atoms with Crippen molar-refractivity contribution in [3.05, 3.63) is 57.1 Å². The summed E-state index contributed by atoms with van der Waals surface area (Å²) in [7, 11) is 0. The van der Waals surface area contributed by atoms with E-state index < -0.39 is 17.5 Å². The minimum absolute atomic E-state index is 0.00578. The molecule has 110 valence electrons. The van der Waals surface area contributed by atoms with E-state index in [0.29, 0.717) is 16.8 Å². The molecule has 2 rings (SSSR count). The van der Waals surface area contributed by atoms with Crippen molar-refractivity contribution in [2.24, 2.45) is 0 Å². The Morgan fingerprint density at radius 1 is 1.10 bits per heavy atom. The molecule has 0 atom stereocenters. The second-order valence-electron chi connectivity index (χ2n) is 4.72. The normalized spacial score (nSPS) is 10.5. The molecule has 0 fully saturated rings. The van der Waals surface area contributed by atoms with Gasteiger partial charge < -0.3 is 11.1 Å². The Balaban J connectivity index is 2.35. The van der Waals surface area contributed by atoms with Gasteiger partial charge in [-0.1, -0.05) is 6.07 Å². The van der Waals surface area contributed by atoms with Crippen LogP contribution in [-0.2, 0) is 0 Å². The average molecular weight is 355 g/mol. The van der Waals surface area contributed by atoms with Crippen molar-refractivity contribution in [2.45, 2.75) is 13.8 Å². The molecular weight excluding hydrogens is 342 g/mol. The molecule has 0 saturated heterocycles. The van der Waals surface area contributed by atoms with Crippen molar-refractivity contribution in [3.8, 4) is 0 Å². The predicted molar refractivity (Wildman–Crippen MR) is 82.3 cm³/mol. The molecule has 0 bridgehead atoms. The summed E-state index contributed by atoms with van der Waals surface area (Å²) < 4.78 is 27.1. The van der Waals surface area contributed by atoms with Gasteiger partial charge in [-0.3, -0.25) is 4.79 Å². The Kier molecular flexibility index (Phi) is 4.27. The summed E-state index contributed by atoms with van der Waals surface area (Å²) in [6.07, 6.45) is 0. The molecule has 6 heteroatoms. The highest BCUT2D eigenvalue weighted by Crippen LogP contribution is 2.25. The van der Waals surface area contributed by atoms with E-state index in [1.165, 1.54) is 6.07 Å². The van der Waals surface area contributed by atoms with Gasteiger partial charge in [-0.25, -0.2) is 8.78 Å². The van der Waals surface area contributed by atoms with Gasteiger partial charge in [0.25, 0.3) is 5.91 Å². The van der Waals surface area contributed by atoms with E-state index in [1.807, 2.05) is 6.92 Å². The van der Waals surface area contributed by atoms with Gasteiger partial charge in [-0.2, -0.15) is 0 Å². The molecule has 0 aliphatic rings. The molecule has 0 spiro atoms. The summed E-state index contributed by atoms with van der Waals surface area (Å²) in [6, 6.07) is 5.17. The Morgan fingerprint density at radius 2 is 1.76 bits per heavy atom. The number of halogens is 3. The fraction of sp³-hybridized carbons (Fsp3) is 0.133. The van der Waals surface area contributed by atoms with Crippen LogP contribution in [0.2, 0.25) is 0 Å². The number of carbonyl (C=O) groups is 1. The zero-order valence-corrected chi connectivity index (χ0v) is 13.0. The number of benzene rings is 2. The maximum atomic E-state index is 13.7. The molecule has 0 unspecified atom stereocenters. The van der Waals surface area contributed by atoms with Crippen LogP contribution in [0.4, 0.5) is 20.2 Å². The zero-order valence-electron chi connectivity index (χ0n) is 11.4. The Morgan fingerprint density at radius 3 is 2.43 bits per heavy atom. The van der Waals surface area contributed by atoms with E-state index in [0.717, 1.165) is 17.7 Å². The molecule has 0 heterocycles. The van der Waals surface area contributed by atoms with Gasteiger partial charge in [0, 0.05) is 17.3 Å². The van der Waals surface area contributed by atoms with E-state index in [9.17, 15) is 13.6 Å². The summed E-state index contributed by atoms with van der Waals surface area (Å²) in [4.78, 5) is 12.2. The van der Waals surface area contributed by atoms with E-state index in [1.54, 1.807) is 13.0 Å². The lowest BCUT2D eigenvalue weighted by atomic mass is 10.0. The first-order chi connectivity index (χ1) is 9.79. The highest BCUT2D eigenvalue weighted by Gasteiger charge is 2.15. The van der Waals surface area contributed by atoms with Crippen LogP contribution in [0.5, 0.6) is 0 Å². The number of aryl methyl sites for hydroxylation is 2. The summed E-state index contributed by atoms with van der Waals surface area (Å²) in [6.45, 7) is 3.58. The summed E-state index contributed by atoms with van der Waals surface area (Å²) in [5.41, 5.74) is 7.90. The van der Waals surface area contributed by atoms with Crippen molar-refractivity contribution in [1.82, 2.24) is 0 Å². The summed E-state index contributed by atoms with van der Waals surface area (Å²) in [5, 5.41) is 2.35. The molecule has 0 aliphatic heterocycles. The first-order valence-electron chi connectivity index (χ1n) is 6.12. The third-order valence-electron chi connectivity index (χ3n) is 3.12. The molecule has 2 aromatic carbocycles. The van der Waals surface area contributed by atoms with Gasteiger partial charge >= 0.3 is 0 Å². The van der Waals surface area contributed by atoms with Gasteiger partial charge in [-0.05, 0) is 53.0 Å². The second kappa shape index (κ2) is 5.81. The summed E-state index contributed by atoms with van der Waals surface area (Å²) >= 11 is 2.88. The van der Waals surface area contributed by atoms with Gasteiger partial charge in [-0.15, -0.1) is 0 Å². The van der Waals surface area contributed by atoms with Crippen molar-refractivity contribution < 1.29 is 13.6 Å². The number of anilines is 2. The topological polar surface area (TPSA) is 55.1 Å². The first-order valence-corrected chi connectivity index (χ1v) is 6.91. The Labute approximate surface area is 129 Å². The van der Waals surface area contributed by atoms with Gasteiger partial charge in [0.15, 0.2) is 0 Å². The Hall–Kier alpha value is -1.95. The fourth-order valence-electron chi connectivity index (χ4n) is 1.92. The number of hydrogen-bond donors (Lipinski definition) is 2. The molecule has 3 N–H and O–H groups in total. The molecule has 3 nitrogen and oxygen atoms in total. The van der Waals surface area contributed by atoms with E-state index >= 15 is 0 Å². The largest absolute Gasteiger partial charge is 0.398 e. The second-order valence-corrected chi connectivity index (χ2v) is 5.58. The number of carbonyl (C=O) groups excluding carboxylic acids is 1. The molecule has 0 saturated carbocycles. The van der Waals surface area contributed by atoms with Crippen LogP contribution in [0.25, 0.3) is 0 Å². The number of rotatable bonds is 2. The highest BCUT2D eigenvalue weighted by atomic mass is 79.9. The van der Waals surface area contributed by atoms with Crippen LogP contribution >= 0.6 is 15.9 Å². The van der Waals surface area contributed by atoms with Crippen LogP contribution in [0.3, 0.4) is 0 Å². The highest BCUT2D eigenvalue weighted by molar-refractivity contribution is 9.10. The van der Waals surface area contributed by atoms with Crippen molar-refractivity contribution >= 4 is 33.2 Å². The zero-order chi connectivity index (χ0) is 15.7. The lowest BCUT2D eigenvalue weighted by molar-refractivity contribution is 0.102. The maximum Gasteiger partial charge on any atom is 0.256 e. The van der Waals surface area contributed by atoms with Gasteiger partial charge in [0.1, 0.15) is 11.6 Å². The van der Waals surface area contributed by atoms with Crippen LogP contribution in [0.15, 0.2) is 28.7 Å².